The second kappa shape index (κ2) is 8.80. The van der Waals surface area contributed by atoms with Crippen LogP contribution in [0.3, 0.4) is 0 Å². The molecule has 0 bridgehead atoms. The molecule has 162 valence electrons. The van der Waals surface area contributed by atoms with Crippen LogP contribution in [0.25, 0.3) is 10.9 Å². The molecule has 0 aliphatic rings. The van der Waals surface area contributed by atoms with Gasteiger partial charge >= 0.3 is 5.97 Å². The van der Waals surface area contributed by atoms with Crippen LogP contribution in [0.15, 0.2) is 50.8 Å². The van der Waals surface area contributed by atoms with Crippen LogP contribution < -0.4 is 10.3 Å². The Morgan fingerprint density at radius 3 is 2.61 bits per heavy atom. The third-order valence-corrected chi connectivity index (χ3v) is 5.20. The van der Waals surface area contributed by atoms with Crippen molar-refractivity contribution >= 4 is 50.6 Å². The van der Waals surface area contributed by atoms with E-state index in [0.717, 1.165) is 4.47 Å². The van der Waals surface area contributed by atoms with Gasteiger partial charge in [-0.3, -0.25) is 4.79 Å². The van der Waals surface area contributed by atoms with Crippen LogP contribution in [-0.2, 0) is 10.2 Å². The molecule has 1 aromatic heterocycles. The molecule has 1 N–H and O–H groups in total. The summed E-state index contributed by atoms with van der Waals surface area (Å²) in [6.07, 6.45) is 0.464. The van der Waals surface area contributed by atoms with Gasteiger partial charge in [0.15, 0.2) is 6.10 Å². The minimum absolute atomic E-state index is 0.237. The van der Waals surface area contributed by atoms with E-state index in [4.69, 9.17) is 21.4 Å². The third kappa shape index (κ3) is 5.14. The number of aliphatic carboxylic acids is 1. The third-order valence-electron chi connectivity index (χ3n) is 4.41. The summed E-state index contributed by atoms with van der Waals surface area (Å²) in [5.41, 5.74) is 0.497. The van der Waals surface area contributed by atoms with Crippen LogP contribution >= 0.6 is 27.5 Å². The lowest BCUT2D eigenvalue weighted by atomic mass is 9.95. The average Bonchev–Trinajstić information content (AvgIpc) is 2.68. The molecule has 3 rings (SSSR count). The van der Waals surface area contributed by atoms with E-state index in [2.05, 4.69) is 26.0 Å². The van der Waals surface area contributed by atoms with Crippen LogP contribution in [0.4, 0.5) is 0 Å². The molecule has 0 saturated heterocycles. The zero-order valence-electron chi connectivity index (χ0n) is 17.4. The van der Waals surface area contributed by atoms with Crippen LogP contribution in [0.5, 0.6) is 5.75 Å². The molecule has 0 radical (unpaired) electrons. The highest BCUT2D eigenvalue weighted by Crippen LogP contribution is 2.26. The molecule has 0 aliphatic carbocycles. The molecule has 31 heavy (non-hydrogen) atoms. The summed E-state index contributed by atoms with van der Waals surface area (Å²) < 4.78 is 7.39. The Morgan fingerprint density at radius 1 is 1.29 bits per heavy atom. The summed E-state index contributed by atoms with van der Waals surface area (Å²) in [7, 11) is 0. The van der Waals surface area contributed by atoms with Gasteiger partial charge in [0.2, 0.25) is 0 Å². The van der Waals surface area contributed by atoms with Crippen LogP contribution in [0.2, 0.25) is 5.02 Å². The first-order chi connectivity index (χ1) is 14.5. The standard InChI is InChI=1S/C22H21BrClN3O4/c1-12(20(29)30)31-18-8-5-13(9-16(18)24)11-25-27-19(28)15-10-14(23)6-7-17(15)26-21(27)22(2,3)4/h5-12H,1-4H3,(H,29,30)/t12-/m0/s1. The molecule has 3 aromatic rings. The molecule has 7 nitrogen and oxygen atoms in total. The Kier molecular flexibility index (Phi) is 6.52. The average molecular weight is 507 g/mol. The molecule has 0 aliphatic heterocycles. The molecular weight excluding hydrogens is 486 g/mol. The van der Waals surface area contributed by atoms with Crippen molar-refractivity contribution in [2.45, 2.75) is 39.2 Å². The largest absolute Gasteiger partial charge is 0.479 e. The van der Waals surface area contributed by atoms with Crippen molar-refractivity contribution in [1.29, 1.82) is 0 Å². The van der Waals surface area contributed by atoms with E-state index in [0.29, 0.717) is 22.3 Å². The van der Waals surface area contributed by atoms with Gasteiger partial charge in [-0.2, -0.15) is 9.78 Å². The summed E-state index contributed by atoms with van der Waals surface area (Å²) in [6.45, 7) is 7.29. The van der Waals surface area contributed by atoms with Crippen LogP contribution in [0.1, 0.15) is 39.1 Å². The lowest BCUT2D eigenvalue weighted by Crippen LogP contribution is -2.29. The van der Waals surface area contributed by atoms with Crippen molar-refractivity contribution in [3.8, 4) is 5.75 Å². The quantitative estimate of drug-likeness (QED) is 0.500. The fourth-order valence-corrected chi connectivity index (χ4v) is 3.39. The summed E-state index contributed by atoms with van der Waals surface area (Å²) in [5, 5.41) is 14.1. The zero-order chi connectivity index (χ0) is 22.9. The smallest absolute Gasteiger partial charge is 0.344 e. The molecule has 0 saturated carbocycles. The SMILES string of the molecule is C[C@H](Oc1ccc(C=Nn2c(C(C)(C)C)nc3ccc(Br)cc3c2=O)cc1Cl)C(=O)O. The van der Waals surface area contributed by atoms with Gasteiger partial charge in [0.25, 0.3) is 5.56 Å². The highest BCUT2D eigenvalue weighted by Gasteiger charge is 2.23. The fourth-order valence-electron chi connectivity index (χ4n) is 2.80. The van der Waals surface area contributed by atoms with E-state index < -0.39 is 17.5 Å². The van der Waals surface area contributed by atoms with E-state index in [9.17, 15) is 9.59 Å². The van der Waals surface area contributed by atoms with Gasteiger partial charge < -0.3 is 9.84 Å². The lowest BCUT2D eigenvalue weighted by Gasteiger charge is -2.20. The number of halogens is 2. The first kappa shape index (κ1) is 23.0. The molecular formula is C22H21BrClN3O4. The maximum absolute atomic E-state index is 13.2. The van der Waals surface area contributed by atoms with Gasteiger partial charge in [-0.05, 0) is 48.9 Å². The predicted octanol–water partition coefficient (Wildman–Crippen LogP) is 4.84. The Morgan fingerprint density at radius 2 is 2.00 bits per heavy atom. The second-order valence-corrected chi connectivity index (χ2v) is 9.32. The molecule has 9 heteroatoms. The minimum atomic E-state index is -1.09. The molecule has 1 atom stereocenters. The Balaban J connectivity index is 2.04. The Bertz CT molecular complexity index is 1250. The van der Waals surface area contributed by atoms with Crippen molar-refractivity contribution in [2.24, 2.45) is 5.10 Å². The number of aromatic nitrogens is 2. The van der Waals surface area contributed by atoms with Crippen molar-refractivity contribution < 1.29 is 14.6 Å². The zero-order valence-corrected chi connectivity index (χ0v) is 19.7. The minimum Gasteiger partial charge on any atom is -0.479 e. The monoisotopic (exact) mass is 505 g/mol. The topological polar surface area (TPSA) is 93.8 Å². The molecule has 0 unspecified atom stereocenters. The lowest BCUT2D eigenvalue weighted by molar-refractivity contribution is -0.144. The maximum Gasteiger partial charge on any atom is 0.344 e. The van der Waals surface area contributed by atoms with Gasteiger partial charge in [0.05, 0.1) is 22.1 Å². The Hall–Kier alpha value is -2.71. The van der Waals surface area contributed by atoms with E-state index in [1.165, 1.54) is 17.8 Å². The number of carboxylic acid groups (broad SMARTS) is 1. The van der Waals surface area contributed by atoms with E-state index in [1.54, 1.807) is 30.3 Å². The molecule has 0 fully saturated rings. The predicted molar refractivity (Wildman–Crippen MR) is 125 cm³/mol. The number of hydrogen-bond donors (Lipinski definition) is 1. The molecule has 2 aromatic carbocycles. The van der Waals surface area contributed by atoms with Gasteiger partial charge in [-0.15, -0.1) is 0 Å². The summed E-state index contributed by atoms with van der Waals surface area (Å²) in [5.74, 6) is -0.324. The number of carbonyl (C=O) groups is 1. The first-order valence-corrected chi connectivity index (χ1v) is 10.6. The number of hydrogen-bond acceptors (Lipinski definition) is 5. The summed E-state index contributed by atoms with van der Waals surface area (Å²) in [6, 6.07) is 10.2. The van der Waals surface area contributed by atoms with Gasteiger partial charge in [0.1, 0.15) is 11.6 Å². The summed E-state index contributed by atoms with van der Waals surface area (Å²) in [4.78, 5) is 28.8. The highest BCUT2D eigenvalue weighted by molar-refractivity contribution is 9.10. The highest BCUT2D eigenvalue weighted by atomic mass is 79.9. The van der Waals surface area contributed by atoms with Crippen molar-refractivity contribution in [3.63, 3.8) is 0 Å². The van der Waals surface area contributed by atoms with Crippen molar-refractivity contribution in [1.82, 2.24) is 9.66 Å². The number of carboxylic acids is 1. The number of rotatable bonds is 5. The Labute approximate surface area is 192 Å². The van der Waals surface area contributed by atoms with Crippen molar-refractivity contribution in [2.75, 3.05) is 0 Å². The van der Waals surface area contributed by atoms with Crippen molar-refractivity contribution in [3.05, 3.63) is 67.6 Å². The van der Waals surface area contributed by atoms with Gasteiger partial charge in [0, 0.05) is 9.89 Å². The van der Waals surface area contributed by atoms with E-state index in [-0.39, 0.29) is 16.3 Å². The number of ether oxygens (including phenoxy) is 1. The van der Waals surface area contributed by atoms with Gasteiger partial charge in [-0.25, -0.2) is 9.78 Å². The molecule has 0 spiro atoms. The molecule has 1 heterocycles. The molecule has 0 amide bonds. The maximum atomic E-state index is 13.2. The fraction of sp³-hybridized carbons (Fsp3) is 0.273. The van der Waals surface area contributed by atoms with Crippen LogP contribution in [-0.4, -0.2) is 33.1 Å². The second-order valence-electron chi connectivity index (χ2n) is 8.00. The number of fused-ring (bicyclic) bond motifs is 1. The van der Waals surface area contributed by atoms with E-state index >= 15 is 0 Å². The summed E-state index contributed by atoms with van der Waals surface area (Å²) >= 11 is 9.61. The normalized spacial score (nSPS) is 13.0. The first-order valence-electron chi connectivity index (χ1n) is 9.43. The van der Waals surface area contributed by atoms with Crippen LogP contribution in [0, 0.1) is 0 Å². The number of benzene rings is 2. The number of nitrogens with zero attached hydrogens (tertiary/aromatic N) is 3. The van der Waals surface area contributed by atoms with Gasteiger partial charge in [-0.1, -0.05) is 48.3 Å². The van der Waals surface area contributed by atoms with E-state index in [1.807, 2.05) is 26.8 Å².